The van der Waals surface area contributed by atoms with Gasteiger partial charge in [0, 0.05) is 0 Å². The Hall–Kier alpha value is -0.900. The Kier molecular flexibility index (Phi) is 3.14. The minimum atomic E-state index is 0.0960. The average Bonchev–Trinajstić information content (AvgIpc) is 2.24. The topological polar surface area (TPSA) is 44.5 Å². The third-order valence-corrected chi connectivity index (χ3v) is 2.37. The molecule has 2 atom stereocenters. The molecule has 0 unspecified atom stereocenters. The molecule has 0 aromatic heterocycles. The van der Waals surface area contributed by atoms with E-state index in [0.717, 1.165) is 0 Å². The summed E-state index contributed by atoms with van der Waals surface area (Å²) in [7, 11) is 0. The van der Waals surface area contributed by atoms with Crippen LogP contribution in [0.3, 0.4) is 0 Å². The molecule has 0 spiro atoms. The molecule has 2 N–H and O–H groups in total. The van der Waals surface area contributed by atoms with Crippen molar-refractivity contribution >= 4 is 0 Å². The molecular weight excluding hydrogens is 178 g/mol. The zero-order valence-electron chi connectivity index (χ0n) is 8.06. The van der Waals surface area contributed by atoms with Gasteiger partial charge in [0.05, 0.1) is 32.0 Å². The summed E-state index contributed by atoms with van der Waals surface area (Å²) in [6, 6.07) is 10.2. The summed E-state index contributed by atoms with van der Waals surface area (Å²) in [6.45, 7) is 1.89. The minimum Gasteiger partial charge on any atom is -0.374 e. The Balaban J connectivity index is 1.68. The van der Waals surface area contributed by atoms with Crippen molar-refractivity contribution < 1.29 is 9.47 Å². The molecule has 14 heavy (non-hydrogen) atoms. The fraction of sp³-hybridized carbons (Fsp3) is 0.455. The van der Waals surface area contributed by atoms with Crippen LogP contribution in [0.2, 0.25) is 0 Å². The fourth-order valence-electron chi connectivity index (χ4n) is 1.38. The Morgan fingerprint density at radius 2 is 2.14 bits per heavy atom. The van der Waals surface area contributed by atoms with Gasteiger partial charge in [-0.25, -0.2) is 0 Å². The number of rotatable bonds is 4. The van der Waals surface area contributed by atoms with Crippen molar-refractivity contribution in [2.75, 3.05) is 13.2 Å². The van der Waals surface area contributed by atoms with Gasteiger partial charge < -0.3 is 15.2 Å². The molecule has 1 aliphatic rings. The molecule has 1 fully saturated rings. The smallest absolute Gasteiger partial charge is 0.0982 e. The molecule has 1 heterocycles. The van der Waals surface area contributed by atoms with Crippen molar-refractivity contribution in [3.05, 3.63) is 35.9 Å². The second kappa shape index (κ2) is 4.55. The molecule has 0 bridgehead atoms. The first kappa shape index (κ1) is 9.65. The van der Waals surface area contributed by atoms with Crippen LogP contribution in [0.25, 0.3) is 0 Å². The second-order valence-corrected chi connectivity index (χ2v) is 3.54. The Bertz CT molecular complexity index is 276. The largest absolute Gasteiger partial charge is 0.374 e. The van der Waals surface area contributed by atoms with Crippen LogP contribution < -0.4 is 5.73 Å². The summed E-state index contributed by atoms with van der Waals surface area (Å²) >= 11 is 0. The molecule has 1 saturated heterocycles. The van der Waals surface area contributed by atoms with Crippen molar-refractivity contribution in [2.45, 2.75) is 18.8 Å². The summed E-state index contributed by atoms with van der Waals surface area (Å²) in [5, 5.41) is 0. The summed E-state index contributed by atoms with van der Waals surface area (Å²) < 4.78 is 10.7. The lowest BCUT2D eigenvalue weighted by atomic mass is 10.1. The highest BCUT2D eigenvalue weighted by molar-refractivity contribution is 5.13. The van der Waals surface area contributed by atoms with Crippen LogP contribution >= 0.6 is 0 Å². The predicted molar refractivity (Wildman–Crippen MR) is 53.8 cm³/mol. The third kappa shape index (κ3) is 2.32. The Morgan fingerprint density at radius 3 is 2.71 bits per heavy atom. The molecular formula is C11H15NO2. The van der Waals surface area contributed by atoms with E-state index in [1.54, 1.807) is 0 Å². The highest BCUT2D eigenvalue weighted by Gasteiger charge is 2.28. The second-order valence-electron chi connectivity index (χ2n) is 3.54. The van der Waals surface area contributed by atoms with E-state index >= 15 is 0 Å². The molecule has 0 amide bonds. The van der Waals surface area contributed by atoms with Crippen LogP contribution in [-0.4, -0.2) is 25.4 Å². The van der Waals surface area contributed by atoms with Crippen molar-refractivity contribution in [2.24, 2.45) is 5.73 Å². The highest BCUT2D eigenvalue weighted by Crippen LogP contribution is 2.11. The number of ether oxygens (including phenoxy) is 2. The van der Waals surface area contributed by atoms with Gasteiger partial charge in [-0.3, -0.25) is 0 Å². The predicted octanol–water partition coefficient (Wildman–Crippen LogP) is 0.929. The van der Waals surface area contributed by atoms with Gasteiger partial charge in [0.1, 0.15) is 0 Å². The van der Waals surface area contributed by atoms with E-state index < -0.39 is 0 Å². The first-order valence-electron chi connectivity index (χ1n) is 4.85. The quantitative estimate of drug-likeness (QED) is 0.773. The van der Waals surface area contributed by atoms with Gasteiger partial charge in [-0.15, -0.1) is 0 Å². The van der Waals surface area contributed by atoms with Crippen molar-refractivity contribution in [1.29, 1.82) is 0 Å². The highest BCUT2D eigenvalue weighted by atomic mass is 16.5. The average molecular weight is 193 g/mol. The molecule has 0 saturated carbocycles. The molecule has 2 rings (SSSR count). The maximum absolute atomic E-state index is 5.70. The molecule has 0 aliphatic carbocycles. The monoisotopic (exact) mass is 193 g/mol. The first-order chi connectivity index (χ1) is 6.86. The van der Waals surface area contributed by atoms with Gasteiger partial charge in [0.25, 0.3) is 0 Å². The summed E-state index contributed by atoms with van der Waals surface area (Å²) in [6.07, 6.45) is 0.0960. The van der Waals surface area contributed by atoms with Crippen LogP contribution in [0.15, 0.2) is 30.3 Å². The zero-order chi connectivity index (χ0) is 9.80. The summed E-state index contributed by atoms with van der Waals surface area (Å²) in [4.78, 5) is 0. The maximum Gasteiger partial charge on any atom is 0.0982 e. The fourth-order valence-corrected chi connectivity index (χ4v) is 1.38. The van der Waals surface area contributed by atoms with E-state index in [9.17, 15) is 0 Å². The number of hydrogen-bond donors (Lipinski definition) is 1. The number of nitrogens with two attached hydrogens (primary N) is 1. The molecule has 1 aliphatic heterocycles. The van der Waals surface area contributed by atoms with Crippen LogP contribution in [0, 0.1) is 0 Å². The molecule has 3 nitrogen and oxygen atoms in total. The number of benzene rings is 1. The van der Waals surface area contributed by atoms with Gasteiger partial charge in [0.15, 0.2) is 0 Å². The summed E-state index contributed by atoms with van der Waals surface area (Å²) in [5.74, 6) is 0. The Labute approximate surface area is 83.8 Å². The lowest BCUT2D eigenvalue weighted by Crippen LogP contribution is -2.53. The Morgan fingerprint density at radius 1 is 1.36 bits per heavy atom. The van der Waals surface area contributed by atoms with E-state index in [-0.39, 0.29) is 12.1 Å². The third-order valence-electron chi connectivity index (χ3n) is 2.37. The van der Waals surface area contributed by atoms with Crippen LogP contribution in [-0.2, 0) is 16.1 Å². The minimum absolute atomic E-state index is 0.0960. The zero-order valence-corrected chi connectivity index (χ0v) is 8.06. The van der Waals surface area contributed by atoms with Gasteiger partial charge in [-0.05, 0) is 5.56 Å². The van der Waals surface area contributed by atoms with Gasteiger partial charge >= 0.3 is 0 Å². The molecule has 1 aromatic rings. The summed E-state index contributed by atoms with van der Waals surface area (Å²) in [5.41, 5.74) is 6.88. The maximum atomic E-state index is 5.70. The lowest BCUT2D eigenvalue weighted by molar-refractivity contribution is -0.114. The van der Waals surface area contributed by atoms with Crippen molar-refractivity contribution in [3.8, 4) is 0 Å². The SMILES string of the molecule is N[C@@H]1CO[C@@H]1COCc1ccccc1. The normalized spacial score (nSPS) is 25.8. The van der Waals surface area contributed by atoms with E-state index in [1.807, 2.05) is 30.3 Å². The van der Waals surface area contributed by atoms with Crippen LogP contribution in [0.1, 0.15) is 5.56 Å². The molecule has 3 heteroatoms. The van der Waals surface area contributed by atoms with Crippen molar-refractivity contribution in [3.63, 3.8) is 0 Å². The van der Waals surface area contributed by atoms with Gasteiger partial charge in [-0.1, -0.05) is 30.3 Å². The molecule has 76 valence electrons. The van der Waals surface area contributed by atoms with E-state index in [0.29, 0.717) is 19.8 Å². The van der Waals surface area contributed by atoms with Crippen LogP contribution in [0.4, 0.5) is 0 Å². The van der Waals surface area contributed by atoms with E-state index in [2.05, 4.69) is 0 Å². The van der Waals surface area contributed by atoms with E-state index in [1.165, 1.54) is 5.56 Å². The van der Waals surface area contributed by atoms with Gasteiger partial charge in [-0.2, -0.15) is 0 Å². The van der Waals surface area contributed by atoms with Gasteiger partial charge in [0.2, 0.25) is 0 Å². The molecule has 0 radical (unpaired) electrons. The first-order valence-corrected chi connectivity index (χ1v) is 4.85. The number of hydrogen-bond acceptors (Lipinski definition) is 3. The van der Waals surface area contributed by atoms with Crippen LogP contribution in [0.5, 0.6) is 0 Å². The van der Waals surface area contributed by atoms with E-state index in [4.69, 9.17) is 15.2 Å². The lowest BCUT2D eigenvalue weighted by Gasteiger charge is -2.33. The van der Waals surface area contributed by atoms with Crippen molar-refractivity contribution in [1.82, 2.24) is 0 Å². The molecule has 1 aromatic carbocycles. The standard InChI is InChI=1S/C11H15NO2/c12-10-7-14-11(10)8-13-6-9-4-2-1-3-5-9/h1-5,10-11H,6-8,12H2/t10-,11-/m1/s1.